The molecule has 0 aromatic carbocycles. The lowest BCUT2D eigenvalue weighted by Crippen LogP contribution is -2.61. The summed E-state index contributed by atoms with van der Waals surface area (Å²) in [6.07, 6.45) is -13.6. The van der Waals surface area contributed by atoms with Crippen molar-refractivity contribution in [2.24, 2.45) is 0 Å². The lowest BCUT2D eigenvalue weighted by molar-refractivity contribution is -0.304. The van der Waals surface area contributed by atoms with E-state index >= 15 is 0 Å². The first-order chi connectivity index (χ1) is 11.1. The Bertz CT molecular complexity index is 445. The highest BCUT2D eigenvalue weighted by Gasteiger charge is 2.47. The first-order valence-corrected chi connectivity index (χ1v) is 7.66. The highest BCUT2D eigenvalue weighted by atomic mass is 16.7. The maximum Gasteiger partial charge on any atom is 0.187 e. The van der Waals surface area contributed by atoms with E-state index in [1.807, 2.05) is 0 Å². The van der Waals surface area contributed by atoms with Gasteiger partial charge in [-0.05, 0) is 13.8 Å². The van der Waals surface area contributed by atoms with E-state index in [-0.39, 0.29) is 6.61 Å². The van der Waals surface area contributed by atoms with Crippen LogP contribution < -0.4 is 0 Å². The van der Waals surface area contributed by atoms with Gasteiger partial charge in [0.05, 0.1) is 12.7 Å². The Kier molecular flexibility index (Phi) is 6.29. The summed E-state index contributed by atoms with van der Waals surface area (Å²) in [5, 5.41) is 58.6. The molecule has 2 fully saturated rings. The van der Waals surface area contributed by atoms with Gasteiger partial charge < -0.3 is 44.8 Å². The molecular weight excluding hydrogens is 328 g/mol. The van der Waals surface area contributed by atoms with E-state index in [1.54, 1.807) is 0 Å². The van der Waals surface area contributed by atoms with Crippen LogP contribution in [0.2, 0.25) is 0 Å². The second-order valence-corrected chi connectivity index (χ2v) is 6.19. The van der Waals surface area contributed by atoms with Crippen LogP contribution in [0.3, 0.4) is 0 Å². The predicted octanol–water partition coefficient (Wildman–Crippen LogP) is -3.73. The number of ether oxygens (including phenoxy) is 3. The molecule has 2 aliphatic rings. The van der Waals surface area contributed by atoms with Crippen LogP contribution in [0.1, 0.15) is 13.8 Å². The van der Waals surface area contributed by atoms with Crippen LogP contribution in [-0.2, 0) is 19.0 Å². The first-order valence-electron chi connectivity index (χ1n) is 7.66. The summed E-state index contributed by atoms with van der Waals surface area (Å²) in [4.78, 5) is 11.4. The molecule has 2 aliphatic heterocycles. The predicted molar refractivity (Wildman–Crippen MR) is 75.7 cm³/mol. The van der Waals surface area contributed by atoms with Crippen LogP contribution in [0, 0.1) is 0 Å². The van der Waals surface area contributed by atoms with Crippen LogP contribution in [0.5, 0.6) is 0 Å². The van der Waals surface area contributed by atoms with Crippen LogP contribution in [-0.4, -0.2) is 104 Å². The molecule has 24 heavy (non-hydrogen) atoms. The van der Waals surface area contributed by atoms with Gasteiger partial charge in [0.15, 0.2) is 12.1 Å². The van der Waals surface area contributed by atoms with Gasteiger partial charge >= 0.3 is 0 Å². The molecule has 0 aromatic rings. The van der Waals surface area contributed by atoms with Gasteiger partial charge in [0, 0.05) is 0 Å². The van der Waals surface area contributed by atoms with Gasteiger partial charge in [-0.25, -0.2) is 0 Å². The molecule has 10 nitrogen and oxygen atoms in total. The number of carbonyl (C=O) groups excluding carboxylic acids is 1. The molecule has 0 amide bonds. The fourth-order valence-corrected chi connectivity index (χ4v) is 2.79. The van der Waals surface area contributed by atoms with Gasteiger partial charge in [0.1, 0.15) is 48.8 Å². The average molecular weight is 352 g/mol. The van der Waals surface area contributed by atoms with Crippen LogP contribution in [0.25, 0.3) is 0 Å². The van der Waals surface area contributed by atoms with Crippen molar-refractivity contribution in [3.63, 3.8) is 0 Å². The highest BCUT2D eigenvalue weighted by molar-refractivity contribution is 5.81. The molecule has 4 unspecified atom stereocenters. The number of Topliss-reactive ketones (excluding diaryl/α,β-unsaturated/α-hetero) is 1. The van der Waals surface area contributed by atoms with Crippen molar-refractivity contribution in [2.45, 2.75) is 75.1 Å². The van der Waals surface area contributed by atoms with E-state index in [1.165, 1.54) is 6.92 Å². The summed E-state index contributed by atoms with van der Waals surface area (Å²) in [6.45, 7) is 2.32. The topological polar surface area (TPSA) is 166 Å². The maximum atomic E-state index is 11.4. The molecule has 140 valence electrons. The Balaban J connectivity index is 1.98. The second-order valence-electron chi connectivity index (χ2n) is 6.19. The average Bonchev–Trinajstić information content (AvgIpc) is 2.54. The van der Waals surface area contributed by atoms with Crippen molar-refractivity contribution in [2.75, 3.05) is 6.61 Å². The third-order valence-corrected chi connectivity index (χ3v) is 4.35. The van der Waals surface area contributed by atoms with Crippen LogP contribution in [0.4, 0.5) is 0 Å². The highest BCUT2D eigenvalue weighted by Crippen LogP contribution is 2.25. The Morgan fingerprint density at radius 1 is 0.875 bits per heavy atom. The minimum Gasteiger partial charge on any atom is -0.388 e. The smallest absolute Gasteiger partial charge is 0.187 e. The zero-order valence-corrected chi connectivity index (χ0v) is 13.3. The normalized spacial score (nSPS) is 49.8. The van der Waals surface area contributed by atoms with Crippen molar-refractivity contribution in [3.05, 3.63) is 0 Å². The van der Waals surface area contributed by atoms with Gasteiger partial charge in [-0.2, -0.15) is 0 Å². The number of hydrogen-bond acceptors (Lipinski definition) is 10. The molecule has 0 aliphatic carbocycles. The van der Waals surface area contributed by atoms with E-state index in [2.05, 4.69) is 0 Å². The third-order valence-electron chi connectivity index (χ3n) is 4.35. The van der Waals surface area contributed by atoms with Crippen LogP contribution in [0.15, 0.2) is 0 Å². The fourth-order valence-electron chi connectivity index (χ4n) is 2.79. The lowest BCUT2D eigenvalue weighted by atomic mass is 9.95. The fraction of sp³-hybridized carbons (Fsp3) is 0.929. The molecule has 6 N–H and O–H groups in total. The summed E-state index contributed by atoms with van der Waals surface area (Å²) in [5.41, 5.74) is 0. The van der Waals surface area contributed by atoms with Gasteiger partial charge in [-0.1, -0.05) is 0 Å². The van der Waals surface area contributed by atoms with Gasteiger partial charge in [0.2, 0.25) is 0 Å². The standard InChI is InChI=1S/C14H24O10/c1-4(15)13-11(20)10(19)12(21)14(24-13)22-3-6-8(17)9(18)7(16)5(2)23-6/h5-14,16-21H,3H2,1-2H3/t5-,6?,7?,8+,9+,10-,11-,12?,13?,14+/m0/s1. The first kappa shape index (κ1) is 19.6. The SMILES string of the molecule is CC(=O)C1O[C@@H](OCC2O[C@@H](C)C(O)[C@@H](O)[C@@H]2O)C(O)[C@@H](O)[C@@H]1O. The number of carbonyl (C=O) groups is 1. The van der Waals surface area contributed by atoms with E-state index in [9.17, 15) is 35.4 Å². The quantitative estimate of drug-likeness (QED) is 0.296. The Morgan fingerprint density at radius 3 is 2.04 bits per heavy atom. The number of rotatable bonds is 4. The zero-order chi connectivity index (χ0) is 18.2. The zero-order valence-electron chi connectivity index (χ0n) is 13.3. The molecule has 0 bridgehead atoms. The van der Waals surface area contributed by atoms with E-state index in [0.717, 1.165) is 6.92 Å². The molecule has 2 saturated heterocycles. The number of ketones is 1. The minimum absolute atomic E-state index is 0.343. The van der Waals surface area contributed by atoms with Crippen LogP contribution >= 0.6 is 0 Å². The van der Waals surface area contributed by atoms with E-state index in [4.69, 9.17) is 14.2 Å². The second kappa shape index (κ2) is 7.68. The van der Waals surface area contributed by atoms with Crippen molar-refractivity contribution in [3.8, 4) is 0 Å². The van der Waals surface area contributed by atoms with Gasteiger partial charge in [-0.15, -0.1) is 0 Å². The summed E-state index contributed by atoms with van der Waals surface area (Å²) in [6, 6.07) is 0. The molecule has 0 aromatic heterocycles. The molecule has 2 heterocycles. The van der Waals surface area contributed by atoms with Crippen molar-refractivity contribution >= 4 is 5.78 Å². The monoisotopic (exact) mass is 352 g/mol. The van der Waals surface area contributed by atoms with Crippen molar-refractivity contribution < 1.29 is 49.6 Å². The molecule has 0 saturated carbocycles. The molecule has 10 atom stereocenters. The summed E-state index contributed by atoms with van der Waals surface area (Å²) in [5.74, 6) is -0.553. The molecule has 2 rings (SSSR count). The molecule has 0 radical (unpaired) electrons. The molecule has 0 spiro atoms. The summed E-state index contributed by atoms with van der Waals surface area (Å²) >= 11 is 0. The summed E-state index contributed by atoms with van der Waals surface area (Å²) in [7, 11) is 0. The van der Waals surface area contributed by atoms with E-state index < -0.39 is 67.0 Å². The molecular formula is C14H24O10. The maximum absolute atomic E-state index is 11.4. The van der Waals surface area contributed by atoms with E-state index in [0.29, 0.717) is 0 Å². The Labute approximate surface area is 138 Å². The minimum atomic E-state index is -1.65. The van der Waals surface area contributed by atoms with Crippen molar-refractivity contribution in [1.29, 1.82) is 0 Å². The summed E-state index contributed by atoms with van der Waals surface area (Å²) < 4.78 is 15.8. The largest absolute Gasteiger partial charge is 0.388 e. The van der Waals surface area contributed by atoms with Crippen molar-refractivity contribution in [1.82, 2.24) is 0 Å². The molecule has 10 heteroatoms. The number of aliphatic hydroxyl groups is 6. The lowest BCUT2D eigenvalue weighted by Gasteiger charge is -2.42. The third kappa shape index (κ3) is 3.77. The number of aliphatic hydroxyl groups excluding tert-OH is 6. The van der Waals surface area contributed by atoms with Gasteiger partial charge in [-0.3, -0.25) is 4.79 Å². The Morgan fingerprint density at radius 2 is 1.46 bits per heavy atom. The number of hydrogen-bond donors (Lipinski definition) is 6. The van der Waals surface area contributed by atoms with Gasteiger partial charge in [0.25, 0.3) is 0 Å². The Hall–Kier alpha value is -0.690.